The van der Waals surface area contributed by atoms with Crippen LogP contribution in [0.5, 0.6) is 0 Å². The Morgan fingerprint density at radius 2 is 1.17 bits per heavy atom. The molecule has 1 heteroatoms. The summed E-state index contributed by atoms with van der Waals surface area (Å²) in [6.45, 7) is 4.61. The van der Waals surface area contributed by atoms with E-state index in [1.54, 1.807) is 0 Å². The molecule has 0 aliphatic heterocycles. The van der Waals surface area contributed by atoms with Gasteiger partial charge in [0.15, 0.2) is 0 Å². The maximum Gasteiger partial charge on any atom is 0.0825 e. The molecule has 0 spiro atoms. The third-order valence-electron chi connectivity index (χ3n) is 4.07. The van der Waals surface area contributed by atoms with Crippen molar-refractivity contribution in [3.63, 3.8) is 0 Å². The lowest BCUT2D eigenvalue weighted by atomic mass is 9.95. The van der Waals surface area contributed by atoms with Crippen molar-refractivity contribution in [2.75, 3.05) is 6.61 Å². The van der Waals surface area contributed by atoms with Crippen LogP contribution in [-0.4, -0.2) is 6.61 Å². The van der Waals surface area contributed by atoms with Gasteiger partial charge in [0, 0.05) is 0 Å². The predicted octanol–water partition coefficient (Wildman–Crippen LogP) is 6.14. The zero-order valence-electron chi connectivity index (χ0n) is 12.9. The molecular formula is C17H35O. The molecule has 1 unspecified atom stereocenters. The molecule has 0 aliphatic rings. The highest BCUT2D eigenvalue weighted by Gasteiger charge is 2.04. The Balaban J connectivity index is 3.10. The van der Waals surface area contributed by atoms with E-state index < -0.39 is 0 Å². The van der Waals surface area contributed by atoms with E-state index in [2.05, 4.69) is 13.8 Å². The van der Waals surface area contributed by atoms with E-state index >= 15 is 0 Å². The molecule has 1 nitrogen and oxygen atoms in total. The van der Waals surface area contributed by atoms with E-state index in [0.717, 1.165) is 6.42 Å². The Labute approximate surface area is 115 Å². The molecule has 0 N–H and O–H groups in total. The molecule has 0 saturated carbocycles. The maximum absolute atomic E-state index is 10.6. The summed E-state index contributed by atoms with van der Waals surface area (Å²) >= 11 is 0. The number of unbranched alkanes of at least 4 members (excludes halogenated alkanes) is 9. The second kappa shape index (κ2) is 15.0. The Kier molecular flexibility index (Phi) is 15.0. The summed E-state index contributed by atoms with van der Waals surface area (Å²) in [7, 11) is 0. The molecular weight excluding hydrogens is 220 g/mol. The molecule has 0 aromatic rings. The fourth-order valence-corrected chi connectivity index (χ4v) is 2.64. The maximum atomic E-state index is 10.6. The summed E-state index contributed by atoms with van der Waals surface area (Å²) in [4.78, 5) is 0. The van der Waals surface area contributed by atoms with E-state index in [9.17, 15) is 5.11 Å². The van der Waals surface area contributed by atoms with Gasteiger partial charge < -0.3 is 0 Å². The predicted molar refractivity (Wildman–Crippen MR) is 80.4 cm³/mol. The highest BCUT2D eigenvalue weighted by molar-refractivity contribution is 4.57. The van der Waals surface area contributed by atoms with Crippen LogP contribution in [0.3, 0.4) is 0 Å². The highest BCUT2D eigenvalue weighted by Crippen LogP contribution is 2.18. The minimum absolute atomic E-state index is 0.121. The zero-order valence-corrected chi connectivity index (χ0v) is 12.9. The third-order valence-corrected chi connectivity index (χ3v) is 4.07. The van der Waals surface area contributed by atoms with Gasteiger partial charge in [0.1, 0.15) is 0 Å². The third kappa shape index (κ3) is 12.4. The van der Waals surface area contributed by atoms with Gasteiger partial charge in [-0.15, -0.1) is 0 Å². The first-order valence-corrected chi connectivity index (χ1v) is 8.43. The lowest BCUT2D eigenvalue weighted by Crippen LogP contribution is -2.01. The van der Waals surface area contributed by atoms with Crippen LogP contribution in [0, 0.1) is 5.92 Å². The van der Waals surface area contributed by atoms with Gasteiger partial charge in [-0.2, -0.15) is 0 Å². The van der Waals surface area contributed by atoms with Gasteiger partial charge in [0.25, 0.3) is 0 Å². The summed E-state index contributed by atoms with van der Waals surface area (Å²) < 4.78 is 0. The summed E-state index contributed by atoms with van der Waals surface area (Å²) in [5.41, 5.74) is 0. The van der Waals surface area contributed by atoms with Crippen LogP contribution in [0.4, 0.5) is 0 Å². The molecule has 1 radical (unpaired) electrons. The summed E-state index contributed by atoms with van der Waals surface area (Å²) in [5.74, 6) is 0.705. The fourth-order valence-electron chi connectivity index (χ4n) is 2.64. The summed E-state index contributed by atoms with van der Waals surface area (Å²) in [6.07, 6.45) is 17.4. The first-order valence-electron chi connectivity index (χ1n) is 8.43. The SMILES string of the molecule is CCCCCCCCCCCCC(CC)CC[O]. The van der Waals surface area contributed by atoms with Gasteiger partial charge in [-0.3, -0.25) is 0 Å². The van der Waals surface area contributed by atoms with Crippen LogP contribution in [0.15, 0.2) is 0 Å². The fraction of sp³-hybridized carbons (Fsp3) is 1.00. The second-order valence-corrected chi connectivity index (χ2v) is 5.74. The average Bonchev–Trinajstić information content (AvgIpc) is 2.39. The lowest BCUT2D eigenvalue weighted by Gasteiger charge is -2.12. The smallest absolute Gasteiger partial charge is 0.0825 e. The van der Waals surface area contributed by atoms with Crippen molar-refractivity contribution >= 4 is 0 Å². The van der Waals surface area contributed by atoms with Gasteiger partial charge >= 0.3 is 0 Å². The van der Waals surface area contributed by atoms with Gasteiger partial charge in [-0.25, -0.2) is 5.11 Å². The second-order valence-electron chi connectivity index (χ2n) is 5.74. The molecule has 18 heavy (non-hydrogen) atoms. The van der Waals surface area contributed by atoms with E-state index in [0.29, 0.717) is 5.92 Å². The number of hydrogen-bond acceptors (Lipinski definition) is 0. The molecule has 0 saturated heterocycles. The lowest BCUT2D eigenvalue weighted by molar-refractivity contribution is 0.166. The Morgan fingerprint density at radius 1 is 0.667 bits per heavy atom. The summed E-state index contributed by atoms with van der Waals surface area (Å²) in [5, 5.41) is 10.6. The van der Waals surface area contributed by atoms with Crippen molar-refractivity contribution in [3.8, 4) is 0 Å². The molecule has 1 atom stereocenters. The Morgan fingerprint density at radius 3 is 1.61 bits per heavy atom. The monoisotopic (exact) mass is 255 g/mol. The van der Waals surface area contributed by atoms with Gasteiger partial charge in [-0.05, 0) is 12.3 Å². The molecule has 0 aromatic heterocycles. The summed E-state index contributed by atoms with van der Waals surface area (Å²) in [6, 6.07) is 0. The standard InChI is InChI=1S/C17H35O/c1-3-5-6-7-8-9-10-11-12-13-14-17(4-2)15-16-18/h17H,3-16H2,1-2H3. The van der Waals surface area contributed by atoms with Gasteiger partial charge in [0.05, 0.1) is 6.61 Å². The molecule has 0 heterocycles. The van der Waals surface area contributed by atoms with Crippen LogP contribution >= 0.6 is 0 Å². The first kappa shape index (κ1) is 18.0. The van der Waals surface area contributed by atoms with Crippen molar-refractivity contribution in [1.82, 2.24) is 0 Å². The molecule has 0 aliphatic carbocycles. The normalized spacial score (nSPS) is 12.8. The van der Waals surface area contributed by atoms with Crippen molar-refractivity contribution in [1.29, 1.82) is 0 Å². The molecule has 0 aromatic carbocycles. The van der Waals surface area contributed by atoms with Crippen molar-refractivity contribution in [2.24, 2.45) is 5.92 Å². The molecule has 0 amide bonds. The zero-order chi connectivity index (χ0) is 13.5. The Hall–Kier alpha value is -0.0400. The first-order chi connectivity index (χ1) is 8.85. The number of rotatable bonds is 14. The van der Waals surface area contributed by atoms with Crippen molar-refractivity contribution in [3.05, 3.63) is 0 Å². The largest absolute Gasteiger partial charge is 0.237 e. The molecule has 0 rings (SSSR count). The van der Waals surface area contributed by atoms with Gasteiger partial charge in [-0.1, -0.05) is 90.9 Å². The average molecular weight is 255 g/mol. The molecule has 0 bridgehead atoms. The molecule has 109 valence electrons. The van der Waals surface area contributed by atoms with E-state index in [4.69, 9.17) is 0 Å². The molecule has 0 fully saturated rings. The van der Waals surface area contributed by atoms with Crippen molar-refractivity contribution < 1.29 is 5.11 Å². The van der Waals surface area contributed by atoms with Crippen molar-refractivity contribution in [2.45, 2.75) is 97.3 Å². The quantitative estimate of drug-likeness (QED) is 0.332. The number of hydrogen-bond donors (Lipinski definition) is 0. The van der Waals surface area contributed by atoms with E-state index in [1.165, 1.54) is 77.0 Å². The van der Waals surface area contributed by atoms with E-state index in [-0.39, 0.29) is 6.61 Å². The van der Waals surface area contributed by atoms with E-state index in [1.807, 2.05) is 0 Å². The van der Waals surface area contributed by atoms with Crippen LogP contribution in [0.25, 0.3) is 0 Å². The van der Waals surface area contributed by atoms with Crippen LogP contribution in [-0.2, 0) is 5.11 Å². The highest BCUT2D eigenvalue weighted by atomic mass is 16.3. The minimum Gasteiger partial charge on any atom is -0.237 e. The van der Waals surface area contributed by atoms with Crippen LogP contribution < -0.4 is 0 Å². The topological polar surface area (TPSA) is 19.9 Å². The van der Waals surface area contributed by atoms with Crippen LogP contribution in [0.2, 0.25) is 0 Å². The van der Waals surface area contributed by atoms with Gasteiger partial charge in [0.2, 0.25) is 0 Å². The Bertz CT molecular complexity index is 145. The minimum atomic E-state index is 0.121. The van der Waals surface area contributed by atoms with Crippen LogP contribution in [0.1, 0.15) is 97.3 Å².